The van der Waals surface area contributed by atoms with Crippen LogP contribution in [-0.4, -0.2) is 82.7 Å². The molecule has 8 nitrogen and oxygen atoms in total. The van der Waals surface area contributed by atoms with E-state index in [9.17, 15) is 40.7 Å². The van der Waals surface area contributed by atoms with Crippen molar-refractivity contribution in [3.63, 3.8) is 0 Å². The third kappa shape index (κ3) is 6.84. The zero-order valence-electron chi connectivity index (χ0n) is 26.9. The van der Waals surface area contributed by atoms with E-state index in [0.717, 1.165) is 24.3 Å². The molecule has 1 aromatic heterocycles. The zero-order valence-corrected chi connectivity index (χ0v) is 27.7. The molecule has 3 aromatic carbocycles. The molecular formula is C36H31F6N5O3S. The number of fused-ring (bicyclic) bond motifs is 1. The minimum Gasteiger partial charge on any atom is -0.335 e. The van der Waals surface area contributed by atoms with E-state index in [-0.39, 0.29) is 47.4 Å². The Morgan fingerprint density at radius 2 is 1.41 bits per heavy atom. The van der Waals surface area contributed by atoms with E-state index in [0.29, 0.717) is 55.5 Å². The highest BCUT2D eigenvalue weighted by molar-refractivity contribution is 7.11. The second kappa shape index (κ2) is 13.1. The number of likely N-dealkylation sites (tertiary alicyclic amines) is 1. The molecule has 3 amide bonds. The average molecular weight is 728 g/mol. The lowest BCUT2D eigenvalue weighted by Gasteiger charge is -2.48. The number of alkyl halides is 6. The van der Waals surface area contributed by atoms with E-state index in [2.05, 4.69) is 15.2 Å². The Hall–Kier alpha value is -4.76. The van der Waals surface area contributed by atoms with Gasteiger partial charge in [-0.1, -0.05) is 36.4 Å². The molecule has 1 N–H and O–H groups in total. The number of amides is 3. The van der Waals surface area contributed by atoms with E-state index in [1.165, 1.54) is 41.7 Å². The summed E-state index contributed by atoms with van der Waals surface area (Å²) >= 11 is 1.29. The van der Waals surface area contributed by atoms with Gasteiger partial charge < -0.3 is 15.1 Å². The molecule has 4 aromatic rings. The topological polar surface area (TPSA) is 85.9 Å². The van der Waals surface area contributed by atoms with Crippen LogP contribution in [0.3, 0.4) is 0 Å². The molecule has 0 radical (unpaired) electrons. The molecule has 266 valence electrons. The van der Waals surface area contributed by atoms with Gasteiger partial charge in [0.25, 0.3) is 11.8 Å². The van der Waals surface area contributed by atoms with Crippen molar-refractivity contribution in [1.29, 1.82) is 0 Å². The number of rotatable bonds is 7. The minimum atomic E-state index is -4.65. The molecular weight excluding hydrogens is 696 g/mol. The number of hydrogen-bond acceptors (Lipinski definition) is 6. The fourth-order valence-electron chi connectivity index (χ4n) is 7.16. The maximum absolute atomic E-state index is 13.9. The maximum Gasteiger partial charge on any atom is 0.416 e. The number of carbonyl (C=O) groups is 3. The van der Waals surface area contributed by atoms with Gasteiger partial charge in [0.1, 0.15) is 0 Å². The van der Waals surface area contributed by atoms with Gasteiger partial charge in [-0.15, -0.1) is 11.3 Å². The quantitative estimate of drug-likeness (QED) is 0.232. The second-order valence-corrected chi connectivity index (χ2v) is 14.0. The highest BCUT2D eigenvalue weighted by Gasteiger charge is 2.48. The molecule has 3 aliphatic rings. The monoisotopic (exact) mass is 727 g/mol. The van der Waals surface area contributed by atoms with E-state index in [4.69, 9.17) is 0 Å². The SMILES string of the molecule is O=C(c1ccc2c(c1)C(Cc1cccc(C(F)(F)F)c1)(Cc1cccc(C(F)(F)F)c1)C(=O)N2)N1CC(N2CCN(C(=O)c3nccs3)CC2)C1. The van der Waals surface area contributed by atoms with E-state index in [1.807, 2.05) is 0 Å². The Labute approximate surface area is 292 Å². The van der Waals surface area contributed by atoms with Crippen molar-refractivity contribution in [3.8, 4) is 0 Å². The Kier molecular flexibility index (Phi) is 8.90. The average Bonchev–Trinajstić information content (AvgIpc) is 3.70. The molecule has 0 saturated carbocycles. The molecule has 0 aliphatic carbocycles. The predicted octanol–water partition coefficient (Wildman–Crippen LogP) is 6.14. The number of thiazole rings is 1. The lowest BCUT2D eigenvalue weighted by atomic mass is 9.71. The van der Waals surface area contributed by atoms with Crippen molar-refractivity contribution < 1.29 is 40.7 Å². The van der Waals surface area contributed by atoms with Gasteiger partial charge in [-0.2, -0.15) is 26.3 Å². The summed E-state index contributed by atoms with van der Waals surface area (Å²) in [6.07, 6.45) is -8.22. The number of aromatic nitrogens is 1. The Morgan fingerprint density at radius 3 is 1.96 bits per heavy atom. The number of anilines is 1. The number of nitrogens with one attached hydrogen (secondary N) is 1. The first-order valence-corrected chi connectivity index (χ1v) is 17.1. The lowest BCUT2D eigenvalue weighted by molar-refractivity contribution is -0.138. The van der Waals surface area contributed by atoms with Gasteiger partial charge in [0.2, 0.25) is 5.91 Å². The summed E-state index contributed by atoms with van der Waals surface area (Å²) in [6, 6.07) is 13.8. The smallest absolute Gasteiger partial charge is 0.335 e. The van der Waals surface area contributed by atoms with Crippen LogP contribution in [0.4, 0.5) is 32.0 Å². The van der Waals surface area contributed by atoms with Gasteiger partial charge >= 0.3 is 12.4 Å². The largest absolute Gasteiger partial charge is 0.416 e. The van der Waals surface area contributed by atoms with E-state index < -0.39 is 34.8 Å². The van der Waals surface area contributed by atoms with Crippen LogP contribution in [0.1, 0.15) is 48.0 Å². The van der Waals surface area contributed by atoms with Crippen molar-refractivity contribution >= 4 is 34.7 Å². The van der Waals surface area contributed by atoms with Crippen LogP contribution in [0, 0.1) is 0 Å². The number of halogens is 6. The summed E-state index contributed by atoms with van der Waals surface area (Å²) in [6.45, 7) is 3.23. The number of hydrogen-bond donors (Lipinski definition) is 1. The molecule has 2 saturated heterocycles. The summed E-state index contributed by atoms with van der Waals surface area (Å²) in [5.41, 5.74) is -2.22. The molecule has 51 heavy (non-hydrogen) atoms. The number of nitrogens with zero attached hydrogens (tertiary/aromatic N) is 4. The van der Waals surface area contributed by atoms with Crippen LogP contribution in [-0.2, 0) is 35.4 Å². The van der Waals surface area contributed by atoms with Gasteiger partial charge in [0.15, 0.2) is 5.01 Å². The number of piperazine rings is 1. The van der Waals surface area contributed by atoms with Gasteiger partial charge in [0.05, 0.1) is 16.5 Å². The van der Waals surface area contributed by atoms with E-state index in [1.54, 1.807) is 33.5 Å². The summed E-state index contributed by atoms with van der Waals surface area (Å²) in [7, 11) is 0. The molecule has 3 aliphatic heterocycles. The highest BCUT2D eigenvalue weighted by atomic mass is 32.1. The van der Waals surface area contributed by atoms with Gasteiger partial charge in [-0.3, -0.25) is 19.3 Å². The van der Waals surface area contributed by atoms with Gasteiger partial charge in [0, 0.05) is 68.1 Å². The number of benzene rings is 3. The zero-order chi connectivity index (χ0) is 36.1. The Balaban J connectivity index is 1.12. The second-order valence-electron chi connectivity index (χ2n) is 13.1. The summed E-state index contributed by atoms with van der Waals surface area (Å²) in [5, 5.41) is 4.97. The van der Waals surface area contributed by atoms with Crippen molar-refractivity contribution in [2.75, 3.05) is 44.6 Å². The molecule has 0 atom stereocenters. The standard InChI is InChI=1S/C36H31F6N5O3S/c37-35(38,39)25-5-1-3-22(15-25)18-34(19-23-4-2-6-26(16-23)36(40,41)42)28-17-24(7-8-29(28)44-33(34)50)31(48)47-20-27(21-47)45-10-12-46(13-11-45)32(49)30-43-9-14-51-30/h1-9,14-17,27H,10-13,18-21H2,(H,44,50). The fraction of sp³-hybridized carbons (Fsp3) is 0.333. The minimum absolute atomic E-state index is 0.0876. The highest BCUT2D eigenvalue weighted by Crippen LogP contribution is 2.45. The van der Waals surface area contributed by atoms with Gasteiger partial charge in [-0.25, -0.2) is 4.98 Å². The van der Waals surface area contributed by atoms with Crippen molar-refractivity contribution in [2.24, 2.45) is 0 Å². The summed E-state index contributed by atoms with van der Waals surface area (Å²) < 4.78 is 81.9. The van der Waals surface area contributed by atoms with Crippen LogP contribution in [0.25, 0.3) is 0 Å². The summed E-state index contributed by atoms with van der Waals surface area (Å²) in [5.74, 6) is -0.997. The molecule has 15 heteroatoms. The van der Waals surface area contributed by atoms with Crippen LogP contribution in [0.5, 0.6) is 0 Å². The molecule has 7 rings (SSSR count). The van der Waals surface area contributed by atoms with Crippen molar-refractivity contribution in [3.05, 3.63) is 117 Å². The molecule has 0 unspecified atom stereocenters. The lowest BCUT2D eigenvalue weighted by Crippen LogP contribution is -2.64. The van der Waals surface area contributed by atoms with Crippen molar-refractivity contribution in [2.45, 2.75) is 36.7 Å². The molecule has 2 fully saturated rings. The third-order valence-electron chi connectivity index (χ3n) is 9.87. The Bertz CT molecular complexity index is 1910. The normalized spacial score (nSPS) is 18.0. The molecule has 0 bridgehead atoms. The fourth-order valence-corrected chi connectivity index (χ4v) is 7.76. The summed E-state index contributed by atoms with van der Waals surface area (Å²) in [4.78, 5) is 50.0. The first kappa shape index (κ1) is 34.7. The van der Waals surface area contributed by atoms with Crippen molar-refractivity contribution in [1.82, 2.24) is 19.7 Å². The van der Waals surface area contributed by atoms with Crippen LogP contribution >= 0.6 is 11.3 Å². The van der Waals surface area contributed by atoms with Gasteiger partial charge in [-0.05, 0) is 59.9 Å². The Morgan fingerprint density at radius 1 is 0.804 bits per heavy atom. The van der Waals surface area contributed by atoms with Crippen LogP contribution in [0.2, 0.25) is 0 Å². The molecule has 0 spiro atoms. The first-order chi connectivity index (χ1) is 24.2. The number of carbonyl (C=O) groups excluding carboxylic acids is 3. The van der Waals surface area contributed by atoms with Crippen LogP contribution < -0.4 is 5.32 Å². The maximum atomic E-state index is 13.9. The first-order valence-electron chi connectivity index (χ1n) is 16.2. The van der Waals surface area contributed by atoms with E-state index >= 15 is 0 Å². The predicted molar refractivity (Wildman–Crippen MR) is 176 cm³/mol. The third-order valence-corrected chi connectivity index (χ3v) is 10.6. The van der Waals surface area contributed by atoms with Crippen LogP contribution in [0.15, 0.2) is 78.3 Å². The molecule has 4 heterocycles.